The summed E-state index contributed by atoms with van der Waals surface area (Å²) < 4.78 is 5.36. The number of fused-ring (bicyclic) bond motifs is 1. The van der Waals surface area contributed by atoms with Crippen molar-refractivity contribution < 1.29 is 9.53 Å². The molecule has 96 valence electrons. The second-order valence-corrected chi connectivity index (χ2v) is 5.23. The van der Waals surface area contributed by atoms with Crippen molar-refractivity contribution in [1.82, 2.24) is 4.90 Å². The van der Waals surface area contributed by atoms with Gasteiger partial charge >= 0.3 is 0 Å². The normalized spacial score (nSPS) is 24.9. The van der Waals surface area contributed by atoms with Crippen LogP contribution in [0, 0.1) is 6.92 Å². The van der Waals surface area contributed by atoms with Crippen LogP contribution in [0.5, 0.6) is 0 Å². The Kier molecular flexibility index (Phi) is 3.18. The van der Waals surface area contributed by atoms with Crippen LogP contribution in [0.15, 0.2) is 18.2 Å². The van der Waals surface area contributed by atoms with Gasteiger partial charge in [-0.05, 0) is 25.3 Å². The maximum absolute atomic E-state index is 12.5. The Bertz CT molecular complexity index is 464. The number of nitrogens with zero attached hydrogens (tertiary/aromatic N) is 1. The van der Waals surface area contributed by atoms with Gasteiger partial charge < -0.3 is 4.74 Å². The summed E-state index contributed by atoms with van der Waals surface area (Å²) in [4.78, 5) is 14.8. The van der Waals surface area contributed by atoms with Crippen molar-refractivity contribution in [2.24, 2.45) is 0 Å². The minimum atomic E-state index is 0.0732. The molecule has 18 heavy (non-hydrogen) atoms. The predicted octanol–water partition coefficient (Wildman–Crippen LogP) is 1.82. The largest absolute Gasteiger partial charge is 0.379 e. The molecule has 1 saturated heterocycles. The lowest BCUT2D eigenvalue weighted by atomic mass is 9.85. The van der Waals surface area contributed by atoms with Crippen LogP contribution in [0.1, 0.15) is 27.9 Å². The topological polar surface area (TPSA) is 29.5 Å². The number of aryl methyl sites for hydroxylation is 2. The molecule has 1 fully saturated rings. The lowest BCUT2D eigenvalue weighted by molar-refractivity contribution is 0.0152. The van der Waals surface area contributed by atoms with Crippen LogP contribution < -0.4 is 0 Å². The highest BCUT2D eigenvalue weighted by Crippen LogP contribution is 2.26. The van der Waals surface area contributed by atoms with E-state index in [0.29, 0.717) is 5.78 Å². The molecule has 0 spiro atoms. The Morgan fingerprint density at radius 3 is 2.83 bits per heavy atom. The molecule has 0 amide bonds. The van der Waals surface area contributed by atoms with E-state index in [0.717, 1.165) is 44.7 Å². The molecule has 1 atom stereocenters. The molecular formula is C15H19NO2. The Hall–Kier alpha value is -1.19. The van der Waals surface area contributed by atoms with Gasteiger partial charge in [-0.2, -0.15) is 0 Å². The molecule has 0 aromatic heterocycles. The fourth-order valence-electron chi connectivity index (χ4n) is 3.01. The molecule has 1 aliphatic heterocycles. The smallest absolute Gasteiger partial charge is 0.180 e. The van der Waals surface area contributed by atoms with Crippen LogP contribution in [0.2, 0.25) is 0 Å². The average molecular weight is 245 g/mol. The molecule has 3 nitrogen and oxygen atoms in total. The molecule has 1 aliphatic carbocycles. The number of hydrogen-bond donors (Lipinski definition) is 0. The number of carbonyl (C=O) groups is 1. The maximum atomic E-state index is 12.5. The van der Waals surface area contributed by atoms with Gasteiger partial charge in [0, 0.05) is 18.7 Å². The highest BCUT2D eigenvalue weighted by atomic mass is 16.5. The van der Waals surface area contributed by atoms with E-state index in [1.165, 1.54) is 11.1 Å². The first kappa shape index (κ1) is 11.9. The Morgan fingerprint density at radius 1 is 1.28 bits per heavy atom. The predicted molar refractivity (Wildman–Crippen MR) is 70.0 cm³/mol. The number of Topliss-reactive ketones (excluding diaryl/α,β-unsaturated/α-hetero) is 1. The third-order valence-corrected chi connectivity index (χ3v) is 4.00. The summed E-state index contributed by atoms with van der Waals surface area (Å²) in [5.41, 5.74) is 3.40. The fraction of sp³-hybridized carbons (Fsp3) is 0.533. The minimum Gasteiger partial charge on any atom is -0.379 e. The molecule has 1 aromatic carbocycles. The van der Waals surface area contributed by atoms with Crippen LogP contribution in [0.4, 0.5) is 0 Å². The standard InChI is InChI=1S/C15H19NO2/c1-11-2-4-13-12(10-11)3-5-14(15(13)17)16-6-8-18-9-7-16/h2,4,10,14H,3,5-9H2,1H3. The third-order valence-electron chi connectivity index (χ3n) is 4.00. The van der Waals surface area contributed by atoms with Gasteiger partial charge in [-0.25, -0.2) is 0 Å². The van der Waals surface area contributed by atoms with Gasteiger partial charge in [0.2, 0.25) is 0 Å². The van der Waals surface area contributed by atoms with E-state index in [2.05, 4.69) is 17.9 Å². The van der Waals surface area contributed by atoms with Gasteiger partial charge in [0.1, 0.15) is 0 Å². The molecule has 1 aromatic rings. The molecule has 1 unspecified atom stereocenters. The average Bonchev–Trinajstić information content (AvgIpc) is 2.40. The number of carbonyl (C=O) groups excluding carboxylic acids is 1. The third kappa shape index (κ3) is 2.08. The van der Waals surface area contributed by atoms with Crippen molar-refractivity contribution in [1.29, 1.82) is 0 Å². The van der Waals surface area contributed by atoms with Crippen LogP contribution in [0.25, 0.3) is 0 Å². The monoisotopic (exact) mass is 245 g/mol. The molecular weight excluding hydrogens is 226 g/mol. The molecule has 3 heteroatoms. The second-order valence-electron chi connectivity index (χ2n) is 5.23. The van der Waals surface area contributed by atoms with Gasteiger partial charge in [0.15, 0.2) is 5.78 Å². The van der Waals surface area contributed by atoms with Crippen molar-refractivity contribution in [3.05, 3.63) is 34.9 Å². The van der Waals surface area contributed by atoms with Gasteiger partial charge in [-0.15, -0.1) is 0 Å². The van der Waals surface area contributed by atoms with Gasteiger partial charge in [-0.1, -0.05) is 23.8 Å². The molecule has 1 heterocycles. The summed E-state index contributed by atoms with van der Waals surface area (Å²) in [5, 5.41) is 0. The first-order valence-corrected chi connectivity index (χ1v) is 6.71. The zero-order valence-electron chi connectivity index (χ0n) is 10.8. The second kappa shape index (κ2) is 4.82. The van der Waals surface area contributed by atoms with E-state index in [1.54, 1.807) is 0 Å². The Balaban J connectivity index is 1.84. The van der Waals surface area contributed by atoms with E-state index in [4.69, 9.17) is 4.74 Å². The molecule has 2 aliphatic rings. The molecule has 3 rings (SSSR count). The summed E-state index contributed by atoms with van der Waals surface area (Å²) in [7, 11) is 0. The van der Waals surface area contributed by atoms with E-state index < -0.39 is 0 Å². The Morgan fingerprint density at radius 2 is 2.06 bits per heavy atom. The number of ketones is 1. The van der Waals surface area contributed by atoms with Crippen LogP contribution >= 0.6 is 0 Å². The lowest BCUT2D eigenvalue weighted by Gasteiger charge is -2.36. The van der Waals surface area contributed by atoms with Crippen molar-refractivity contribution in [3.63, 3.8) is 0 Å². The van der Waals surface area contributed by atoms with Crippen molar-refractivity contribution in [3.8, 4) is 0 Å². The van der Waals surface area contributed by atoms with Crippen molar-refractivity contribution in [2.45, 2.75) is 25.8 Å². The lowest BCUT2D eigenvalue weighted by Crippen LogP contribution is -2.49. The van der Waals surface area contributed by atoms with E-state index in [9.17, 15) is 4.79 Å². The molecule has 0 saturated carbocycles. The molecule has 0 radical (unpaired) electrons. The summed E-state index contributed by atoms with van der Waals surface area (Å²) in [6.45, 7) is 5.36. The summed E-state index contributed by atoms with van der Waals surface area (Å²) in [6, 6.07) is 6.27. The van der Waals surface area contributed by atoms with E-state index >= 15 is 0 Å². The van der Waals surface area contributed by atoms with Gasteiger partial charge in [0.25, 0.3) is 0 Å². The zero-order valence-corrected chi connectivity index (χ0v) is 10.8. The number of hydrogen-bond acceptors (Lipinski definition) is 3. The van der Waals surface area contributed by atoms with Gasteiger partial charge in [-0.3, -0.25) is 9.69 Å². The minimum absolute atomic E-state index is 0.0732. The van der Waals surface area contributed by atoms with E-state index in [1.807, 2.05) is 12.1 Å². The maximum Gasteiger partial charge on any atom is 0.180 e. The fourth-order valence-corrected chi connectivity index (χ4v) is 3.01. The summed E-state index contributed by atoms with van der Waals surface area (Å²) >= 11 is 0. The molecule has 0 N–H and O–H groups in total. The van der Waals surface area contributed by atoms with Crippen molar-refractivity contribution >= 4 is 5.78 Å². The quantitative estimate of drug-likeness (QED) is 0.756. The van der Waals surface area contributed by atoms with Crippen LogP contribution in [0.3, 0.4) is 0 Å². The number of benzene rings is 1. The summed E-state index contributed by atoms with van der Waals surface area (Å²) in [5.74, 6) is 0.304. The Labute approximate surface area is 108 Å². The highest BCUT2D eigenvalue weighted by molar-refractivity contribution is 6.02. The zero-order chi connectivity index (χ0) is 12.5. The van der Waals surface area contributed by atoms with Crippen LogP contribution in [-0.4, -0.2) is 43.0 Å². The van der Waals surface area contributed by atoms with Gasteiger partial charge in [0.05, 0.1) is 19.3 Å². The number of ether oxygens (including phenoxy) is 1. The number of morpholine rings is 1. The highest BCUT2D eigenvalue weighted by Gasteiger charge is 2.32. The molecule has 0 bridgehead atoms. The first-order chi connectivity index (χ1) is 8.75. The first-order valence-electron chi connectivity index (χ1n) is 6.71. The van der Waals surface area contributed by atoms with Crippen molar-refractivity contribution in [2.75, 3.05) is 26.3 Å². The summed E-state index contributed by atoms with van der Waals surface area (Å²) in [6.07, 6.45) is 1.97. The number of rotatable bonds is 1. The van der Waals surface area contributed by atoms with Crippen LogP contribution in [-0.2, 0) is 11.2 Å². The SMILES string of the molecule is Cc1ccc2c(c1)CCC(N1CCOCC1)C2=O. The van der Waals surface area contributed by atoms with E-state index in [-0.39, 0.29) is 6.04 Å².